The number of nitrogen functional groups attached to an aromatic ring is 1. The van der Waals surface area contributed by atoms with Gasteiger partial charge in [0.05, 0.1) is 5.69 Å². The maximum Gasteiger partial charge on any atom is 0.269 e. The molecule has 0 fully saturated rings. The van der Waals surface area contributed by atoms with Gasteiger partial charge in [-0.05, 0) is 13.0 Å². The van der Waals surface area contributed by atoms with E-state index in [9.17, 15) is 9.18 Å². The Labute approximate surface area is 68.4 Å². The number of aromatic nitrogens is 1. The number of primary amides is 1. The zero-order valence-electron chi connectivity index (χ0n) is 6.47. The van der Waals surface area contributed by atoms with Gasteiger partial charge in [-0.1, -0.05) is 0 Å². The van der Waals surface area contributed by atoms with Gasteiger partial charge in [0.2, 0.25) is 5.95 Å². The number of rotatable bonds is 1. The second-order valence-corrected chi connectivity index (χ2v) is 2.40. The normalized spacial score (nSPS) is 9.83. The van der Waals surface area contributed by atoms with Crippen molar-refractivity contribution in [2.75, 3.05) is 5.73 Å². The Balaban J connectivity index is 3.33. The first-order valence-corrected chi connectivity index (χ1v) is 3.25. The molecule has 12 heavy (non-hydrogen) atoms. The molecule has 0 aliphatic rings. The highest BCUT2D eigenvalue weighted by molar-refractivity contribution is 5.95. The molecule has 0 spiro atoms. The molecule has 1 aromatic rings. The zero-order chi connectivity index (χ0) is 9.30. The maximum absolute atomic E-state index is 12.7. The number of nitrogens with zero attached hydrogens (tertiary/aromatic N) is 1. The first-order valence-electron chi connectivity index (χ1n) is 3.25. The summed E-state index contributed by atoms with van der Waals surface area (Å²) in [6.07, 6.45) is 0. The van der Waals surface area contributed by atoms with Crippen molar-refractivity contribution in [1.29, 1.82) is 0 Å². The number of anilines is 1. The monoisotopic (exact) mass is 169 g/mol. The minimum atomic E-state index is -0.827. The van der Waals surface area contributed by atoms with Crippen LogP contribution in [0.25, 0.3) is 0 Å². The van der Waals surface area contributed by atoms with Crippen molar-refractivity contribution in [3.05, 3.63) is 23.3 Å². The van der Waals surface area contributed by atoms with Gasteiger partial charge in [-0.3, -0.25) is 4.79 Å². The molecule has 1 amide bonds. The number of carbonyl (C=O) groups excluding carboxylic acids is 1. The summed E-state index contributed by atoms with van der Waals surface area (Å²) >= 11 is 0. The molecule has 0 bridgehead atoms. The van der Waals surface area contributed by atoms with Crippen LogP contribution in [-0.2, 0) is 0 Å². The Bertz CT molecular complexity index is 338. The predicted octanol–water partition coefficient (Wildman–Crippen LogP) is 0.210. The minimum Gasteiger partial charge on any atom is -0.397 e. The molecule has 0 saturated carbocycles. The van der Waals surface area contributed by atoms with Crippen molar-refractivity contribution in [3.8, 4) is 0 Å². The molecule has 1 aromatic heterocycles. The van der Waals surface area contributed by atoms with Gasteiger partial charge in [0.15, 0.2) is 5.69 Å². The molecule has 1 rings (SSSR count). The van der Waals surface area contributed by atoms with Crippen LogP contribution in [0.4, 0.5) is 10.1 Å². The summed E-state index contributed by atoms with van der Waals surface area (Å²) < 4.78 is 12.7. The van der Waals surface area contributed by atoms with Crippen LogP contribution >= 0.6 is 0 Å². The minimum absolute atomic E-state index is 0.0985. The molecule has 0 radical (unpaired) electrons. The van der Waals surface area contributed by atoms with Gasteiger partial charge in [-0.25, -0.2) is 4.98 Å². The van der Waals surface area contributed by atoms with Gasteiger partial charge < -0.3 is 11.5 Å². The van der Waals surface area contributed by atoms with Crippen LogP contribution in [0, 0.1) is 12.9 Å². The average Bonchev–Trinajstić information content (AvgIpc) is 1.96. The smallest absolute Gasteiger partial charge is 0.269 e. The third-order valence-corrected chi connectivity index (χ3v) is 1.41. The van der Waals surface area contributed by atoms with E-state index in [-0.39, 0.29) is 16.9 Å². The lowest BCUT2D eigenvalue weighted by atomic mass is 10.2. The lowest BCUT2D eigenvalue weighted by molar-refractivity contribution is 0.0995. The first-order chi connectivity index (χ1) is 5.52. The number of nitrogens with two attached hydrogens (primary N) is 2. The van der Waals surface area contributed by atoms with E-state index in [0.29, 0.717) is 0 Å². The van der Waals surface area contributed by atoms with E-state index < -0.39 is 11.9 Å². The third kappa shape index (κ3) is 1.34. The highest BCUT2D eigenvalue weighted by atomic mass is 19.1. The third-order valence-electron chi connectivity index (χ3n) is 1.41. The molecule has 5 heteroatoms. The number of halogens is 1. The maximum atomic E-state index is 12.7. The van der Waals surface area contributed by atoms with Crippen molar-refractivity contribution in [2.45, 2.75) is 6.92 Å². The Hall–Kier alpha value is -1.65. The van der Waals surface area contributed by atoms with Crippen LogP contribution in [0.15, 0.2) is 6.07 Å². The molecule has 4 N–H and O–H groups in total. The molecule has 0 aromatic carbocycles. The summed E-state index contributed by atoms with van der Waals surface area (Å²) in [5.41, 5.74) is 10.4. The summed E-state index contributed by atoms with van der Waals surface area (Å²) in [6.45, 7) is 1.50. The van der Waals surface area contributed by atoms with E-state index in [4.69, 9.17) is 11.5 Å². The fourth-order valence-corrected chi connectivity index (χ4v) is 0.809. The van der Waals surface area contributed by atoms with Crippen LogP contribution in [0.5, 0.6) is 0 Å². The predicted molar refractivity (Wildman–Crippen MR) is 41.9 cm³/mol. The number of hydrogen-bond donors (Lipinski definition) is 2. The summed E-state index contributed by atoms with van der Waals surface area (Å²) in [6, 6.07) is 1.32. The largest absolute Gasteiger partial charge is 0.397 e. The highest BCUT2D eigenvalue weighted by Gasteiger charge is 2.10. The summed E-state index contributed by atoms with van der Waals surface area (Å²) in [7, 11) is 0. The van der Waals surface area contributed by atoms with E-state index >= 15 is 0 Å². The molecule has 0 aliphatic heterocycles. The SMILES string of the molecule is Cc1cc(N)c(C(N)=O)nc1F. The number of carbonyl (C=O) groups is 1. The topological polar surface area (TPSA) is 82.0 Å². The molecule has 64 valence electrons. The van der Waals surface area contributed by atoms with Crippen molar-refractivity contribution in [3.63, 3.8) is 0 Å². The fraction of sp³-hybridized carbons (Fsp3) is 0.143. The molecule has 0 aliphatic carbocycles. The van der Waals surface area contributed by atoms with Crippen molar-refractivity contribution < 1.29 is 9.18 Å². The molecule has 0 atom stereocenters. The first kappa shape index (κ1) is 8.45. The van der Waals surface area contributed by atoms with Crippen LogP contribution in [-0.4, -0.2) is 10.9 Å². The van der Waals surface area contributed by atoms with E-state index in [0.717, 1.165) is 0 Å². The molecule has 1 heterocycles. The number of hydrogen-bond acceptors (Lipinski definition) is 3. The molecule has 0 unspecified atom stereocenters. The molecular formula is C7H8FN3O. The summed E-state index contributed by atoms with van der Waals surface area (Å²) in [5, 5.41) is 0. The second-order valence-electron chi connectivity index (χ2n) is 2.40. The Morgan fingerprint density at radius 2 is 2.25 bits per heavy atom. The van der Waals surface area contributed by atoms with E-state index in [2.05, 4.69) is 4.98 Å². The van der Waals surface area contributed by atoms with Gasteiger partial charge in [0.1, 0.15) is 0 Å². The van der Waals surface area contributed by atoms with Crippen LogP contribution in [0.2, 0.25) is 0 Å². The second kappa shape index (κ2) is 2.77. The van der Waals surface area contributed by atoms with Crippen LogP contribution < -0.4 is 11.5 Å². The summed E-state index contributed by atoms with van der Waals surface area (Å²) in [4.78, 5) is 13.9. The highest BCUT2D eigenvalue weighted by Crippen LogP contribution is 2.12. The standard InChI is InChI=1S/C7H8FN3O/c1-3-2-4(9)5(7(10)12)11-6(3)8/h2H,9H2,1H3,(H2,10,12). The fourth-order valence-electron chi connectivity index (χ4n) is 0.809. The van der Waals surface area contributed by atoms with Gasteiger partial charge in [0.25, 0.3) is 5.91 Å². The van der Waals surface area contributed by atoms with Gasteiger partial charge in [-0.15, -0.1) is 0 Å². The van der Waals surface area contributed by atoms with Crippen LogP contribution in [0.3, 0.4) is 0 Å². The van der Waals surface area contributed by atoms with Gasteiger partial charge >= 0.3 is 0 Å². The van der Waals surface area contributed by atoms with Crippen molar-refractivity contribution >= 4 is 11.6 Å². The summed E-state index contributed by atoms with van der Waals surface area (Å²) in [5.74, 6) is -1.55. The Kier molecular flexibility index (Phi) is 1.95. The lowest BCUT2D eigenvalue weighted by Crippen LogP contribution is -2.16. The van der Waals surface area contributed by atoms with E-state index in [1.54, 1.807) is 0 Å². The van der Waals surface area contributed by atoms with Crippen molar-refractivity contribution in [1.82, 2.24) is 4.98 Å². The van der Waals surface area contributed by atoms with E-state index in [1.165, 1.54) is 13.0 Å². The van der Waals surface area contributed by atoms with E-state index in [1.807, 2.05) is 0 Å². The van der Waals surface area contributed by atoms with Crippen molar-refractivity contribution in [2.24, 2.45) is 5.73 Å². The number of aryl methyl sites for hydroxylation is 1. The quantitative estimate of drug-likeness (QED) is 0.589. The van der Waals surface area contributed by atoms with Crippen LogP contribution in [0.1, 0.15) is 16.1 Å². The van der Waals surface area contributed by atoms with Gasteiger partial charge in [0, 0.05) is 5.56 Å². The zero-order valence-corrected chi connectivity index (χ0v) is 6.47. The number of amides is 1. The average molecular weight is 169 g/mol. The number of pyridine rings is 1. The Morgan fingerprint density at radius 1 is 1.67 bits per heavy atom. The Morgan fingerprint density at radius 3 is 2.75 bits per heavy atom. The molecule has 0 saturated heterocycles. The van der Waals surface area contributed by atoms with Gasteiger partial charge in [-0.2, -0.15) is 4.39 Å². The molecule has 4 nitrogen and oxygen atoms in total. The molecular weight excluding hydrogens is 161 g/mol. The lowest BCUT2D eigenvalue weighted by Gasteiger charge is -2.01.